The van der Waals surface area contributed by atoms with Crippen molar-refractivity contribution in [3.05, 3.63) is 0 Å². The quantitative estimate of drug-likeness (QED) is 0.0506. The molecule has 298 valence electrons. The van der Waals surface area contributed by atoms with E-state index in [4.69, 9.17) is 9.47 Å². The fourth-order valence-corrected chi connectivity index (χ4v) is 6.94. The van der Waals surface area contributed by atoms with Crippen molar-refractivity contribution in [2.75, 3.05) is 39.5 Å². The Hall–Kier alpha value is -1.14. The minimum Gasteiger partial charge on any atom is -0.466 e. The number of hydrogen-bond acceptors (Lipinski definition) is 6. The molecule has 0 unspecified atom stereocenters. The number of nitrogens with zero attached hydrogens (tertiary/aromatic N) is 1. The van der Waals surface area contributed by atoms with E-state index in [0.29, 0.717) is 32.0 Å². The van der Waals surface area contributed by atoms with Gasteiger partial charge in [0, 0.05) is 19.4 Å². The lowest BCUT2D eigenvalue weighted by atomic mass is 9.88. The summed E-state index contributed by atoms with van der Waals surface area (Å²) in [5.74, 6) is 0.656. The van der Waals surface area contributed by atoms with Gasteiger partial charge in [-0.3, -0.25) is 9.59 Å². The van der Waals surface area contributed by atoms with E-state index in [1.807, 2.05) is 0 Å². The van der Waals surface area contributed by atoms with E-state index in [-0.39, 0.29) is 24.0 Å². The molecule has 0 rings (SSSR count). The number of hydrogen-bond donors (Lipinski definition) is 1. The van der Waals surface area contributed by atoms with Crippen molar-refractivity contribution < 1.29 is 24.2 Å². The van der Waals surface area contributed by atoms with Crippen LogP contribution in [0.15, 0.2) is 0 Å². The van der Waals surface area contributed by atoms with Crippen LogP contribution in [-0.4, -0.2) is 61.4 Å². The lowest BCUT2D eigenvalue weighted by Gasteiger charge is -2.25. The van der Waals surface area contributed by atoms with Crippen molar-refractivity contribution in [3.63, 3.8) is 0 Å². The van der Waals surface area contributed by atoms with Crippen molar-refractivity contribution >= 4 is 11.9 Å². The molecule has 1 N–H and O–H groups in total. The Morgan fingerprint density at radius 3 is 1.50 bits per heavy atom. The van der Waals surface area contributed by atoms with E-state index in [1.165, 1.54) is 103 Å². The second-order valence-corrected chi connectivity index (χ2v) is 16.2. The van der Waals surface area contributed by atoms with Gasteiger partial charge in [-0.25, -0.2) is 0 Å². The molecule has 6 heteroatoms. The molecule has 0 saturated heterocycles. The molecular weight excluding hydrogens is 622 g/mol. The first-order valence-electron chi connectivity index (χ1n) is 21.9. The molecule has 0 amide bonds. The number of rotatable bonds is 39. The summed E-state index contributed by atoms with van der Waals surface area (Å²) in [5.41, 5.74) is 0.0154. The van der Waals surface area contributed by atoms with Gasteiger partial charge in [0.1, 0.15) is 0 Å². The highest BCUT2D eigenvalue weighted by Crippen LogP contribution is 2.25. The first kappa shape index (κ1) is 48.9. The number of carbonyl (C=O) groups excluding carboxylic acids is 2. The monoisotopic (exact) mass is 710 g/mol. The molecule has 50 heavy (non-hydrogen) atoms. The lowest BCUT2D eigenvalue weighted by molar-refractivity contribution is -0.147. The lowest BCUT2D eigenvalue weighted by Crippen LogP contribution is -2.29. The zero-order valence-electron chi connectivity index (χ0n) is 34.4. The Balaban J connectivity index is 3.96. The third-order valence-corrected chi connectivity index (χ3v) is 10.4. The standard InChI is InChI=1S/C44H87NO5/c1-6-9-12-15-16-18-25-32-43(48)50-40-44(4,5)34-26-21-28-36-45(37-38-46)35-27-20-17-19-24-31-42(47)49-39-33-41(29-22-13-10-7-2)30-23-14-11-8-3/h41,46H,6-40H2,1-5H3. The minimum atomic E-state index is -0.0377. The molecular formula is C44H87NO5. The summed E-state index contributed by atoms with van der Waals surface area (Å²) in [6.45, 7) is 15.3. The first-order valence-corrected chi connectivity index (χ1v) is 21.9. The van der Waals surface area contributed by atoms with Crippen LogP contribution in [0.2, 0.25) is 0 Å². The summed E-state index contributed by atoms with van der Waals surface area (Å²) in [7, 11) is 0. The Morgan fingerprint density at radius 2 is 0.980 bits per heavy atom. The molecule has 0 aliphatic rings. The molecule has 0 atom stereocenters. The average Bonchev–Trinajstić information content (AvgIpc) is 3.09. The highest BCUT2D eigenvalue weighted by Gasteiger charge is 2.20. The normalized spacial score (nSPS) is 11.9. The fraction of sp³-hybridized carbons (Fsp3) is 0.955. The number of aliphatic hydroxyl groups excluding tert-OH is 1. The Morgan fingerprint density at radius 1 is 0.540 bits per heavy atom. The topological polar surface area (TPSA) is 76.1 Å². The van der Waals surface area contributed by atoms with Crippen molar-refractivity contribution in [1.29, 1.82) is 0 Å². The van der Waals surface area contributed by atoms with Crippen LogP contribution in [-0.2, 0) is 19.1 Å². The summed E-state index contributed by atoms with van der Waals surface area (Å²) in [5, 5.41) is 9.57. The zero-order valence-corrected chi connectivity index (χ0v) is 34.4. The summed E-state index contributed by atoms with van der Waals surface area (Å²) >= 11 is 0. The van der Waals surface area contributed by atoms with Crippen molar-refractivity contribution in [2.45, 2.75) is 221 Å². The highest BCUT2D eigenvalue weighted by atomic mass is 16.5. The molecule has 6 nitrogen and oxygen atoms in total. The maximum absolute atomic E-state index is 12.3. The van der Waals surface area contributed by atoms with Crippen molar-refractivity contribution in [1.82, 2.24) is 4.90 Å². The first-order chi connectivity index (χ1) is 24.3. The number of carbonyl (C=O) groups is 2. The van der Waals surface area contributed by atoms with E-state index in [9.17, 15) is 14.7 Å². The van der Waals surface area contributed by atoms with Crippen LogP contribution in [0.1, 0.15) is 221 Å². The molecule has 0 saturated carbocycles. The van der Waals surface area contributed by atoms with Crippen molar-refractivity contribution in [3.8, 4) is 0 Å². The predicted octanol–water partition coefficient (Wildman–Crippen LogP) is 12.4. The second kappa shape index (κ2) is 36.2. The molecule has 0 aliphatic heterocycles. The van der Waals surface area contributed by atoms with E-state index >= 15 is 0 Å². The molecule has 0 radical (unpaired) electrons. The third kappa shape index (κ3) is 34.0. The van der Waals surface area contributed by atoms with Crippen LogP contribution >= 0.6 is 0 Å². The average molecular weight is 710 g/mol. The molecule has 0 aromatic rings. The van der Waals surface area contributed by atoms with E-state index < -0.39 is 0 Å². The fourth-order valence-electron chi connectivity index (χ4n) is 6.94. The van der Waals surface area contributed by atoms with Crippen LogP contribution in [0, 0.1) is 11.3 Å². The van der Waals surface area contributed by atoms with Gasteiger partial charge in [-0.15, -0.1) is 0 Å². The number of ether oxygens (including phenoxy) is 2. The molecule has 0 aromatic heterocycles. The van der Waals surface area contributed by atoms with Gasteiger partial charge in [0.05, 0.1) is 19.8 Å². The van der Waals surface area contributed by atoms with E-state index in [2.05, 4.69) is 39.5 Å². The van der Waals surface area contributed by atoms with Crippen LogP contribution in [0.4, 0.5) is 0 Å². The van der Waals surface area contributed by atoms with Crippen LogP contribution in [0.25, 0.3) is 0 Å². The van der Waals surface area contributed by atoms with E-state index in [0.717, 1.165) is 90.3 Å². The van der Waals surface area contributed by atoms with Crippen LogP contribution < -0.4 is 0 Å². The SMILES string of the molecule is CCCCCCCCCC(=O)OCC(C)(C)CCCCCN(CCO)CCCCCCCC(=O)OCCC(CCCCCC)CCCCCC. The second-order valence-electron chi connectivity index (χ2n) is 16.2. The molecule has 0 fully saturated rings. The van der Waals surface area contributed by atoms with Gasteiger partial charge in [0.25, 0.3) is 0 Å². The summed E-state index contributed by atoms with van der Waals surface area (Å²) in [6.07, 6.45) is 33.7. The van der Waals surface area contributed by atoms with Gasteiger partial charge in [0.15, 0.2) is 0 Å². The van der Waals surface area contributed by atoms with Gasteiger partial charge >= 0.3 is 11.9 Å². The largest absolute Gasteiger partial charge is 0.466 e. The molecule has 0 spiro atoms. The van der Waals surface area contributed by atoms with Gasteiger partial charge in [0.2, 0.25) is 0 Å². The Labute approximate surface area is 312 Å². The third-order valence-electron chi connectivity index (χ3n) is 10.4. The molecule has 0 aromatic carbocycles. The van der Waals surface area contributed by atoms with Gasteiger partial charge in [-0.2, -0.15) is 0 Å². The Bertz CT molecular complexity index is 730. The zero-order chi connectivity index (χ0) is 37.0. The van der Waals surface area contributed by atoms with Gasteiger partial charge in [-0.1, -0.05) is 169 Å². The summed E-state index contributed by atoms with van der Waals surface area (Å²) < 4.78 is 11.3. The van der Waals surface area contributed by atoms with Gasteiger partial charge < -0.3 is 19.5 Å². The number of aliphatic hydroxyl groups is 1. The summed E-state index contributed by atoms with van der Waals surface area (Å²) in [6, 6.07) is 0. The molecule has 0 heterocycles. The van der Waals surface area contributed by atoms with Crippen LogP contribution in [0.5, 0.6) is 0 Å². The molecule has 0 bridgehead atoms. The van der Waals surface area contributed by atoms with Crippen LogP contribution in [0.3, 0.4) is 0 Å². The maximum atomic E-state index is 12.3. The minimum absolute atomic E-state index is 0.0154. The van der Waals surface area contributed by atoms with Gasteiger partial charge in [-0.05, 0) is 62.9 Å². The van der Waals surface area contributed by atoms with Crippen molar-refractivity contribution in [2.24, 2.45) is 11.3 Å². The summed E-state index contributed by atoms with van der Waals surface area (Å²) in [4.78, 5) is 26.9. The number of unbranched alkanes of at least 4 members (excludes halogenated alkanes) is 18. The Kier molecular flexibility index (Phi) is 35.4. The van der Waals surface area contributed by atoms with E-state index in [1.54, 1.807) is 0 Å². The number of esters is 2. The predicted molar refractivity (Wildman–Crippen MR) is 214 cm³/mol. The maximum Gasteiger partial charge on any atom is 0.305 e. The smallest absolute Gasteiger partial charge is 0.305 e. The molecule has 0 aliphatic carbocycles. The highest BCUT2D eigenvalue weighted by molar-refractivity contribution is 5.69.